The van der Waals surface area contributed by atoms with Gasteiger partial charge < -0.3 is 4.90 Å². The summed E-state index contributed by atoms with van der Waals surface area (Å²) in [7, 11) is 0. The van der Waals surface area contributed by atoms with Gasteiger partial charge in [-0.3, -0.25) is 4.79 Å². The standard InChI is InChI=1S/C17H19NO/c19-17-11-16-13-6-2-1-5-12(13)9-10-18(16)15-8-4-3-7-14(15)17/h1-2,5-6,11,14-15H,3-4,7-10H2. The average Bonchev–Trinajstić information content (AvgIpc) is 2.47. The molecule has 0 saturated heterocycles. The van der Waals surface area contributed by atoms with Gasteiger partial charge in [0.05, 0.1) is 0 Å². The van der Waals surface area contributed by atoms with Crippen LogP contribution < -0.4 is 0 Å². The molecule has 1 fully saturated rings. The van der Waals surface area contributed by atoms with Crippen LogP contribution in [0.2, 0.25) is 0 Å². The smallest absolute Gasteiger partial charge is 0.162 e. The first-order chi connectivity index (χ1) is 9.34. The first-order valence-electron chi connectivity index (χ1n) is 7.45. The van der Waals surface area contributed by atoms with Gasteiger partial charge >= 0.3 is 0 Å². The molecular formula is C17H19NO. The van der Waals surface area contributed by atoms with Crippen molar-refractivity contribution in [3.8, 4) is 0 Å². The molecule has 1 aliphatic carbocycles. The largest absolute Gasteiger partial charge is 0.367 e. The van der Waals surface area contributed by atoms with Crippen LogP contribution in [0.15, 0.2) is 30.3 Å². The van der Waals surface area contributed by atoms with E-state index in [2.05, 4.69) is 29.2 Å². The van der Waals surface area contributed by atoms with Crippen LogP contribution in [0, 0.1) is 5.92 Å². The van der Waals surface area contributed by atoms with Gasteiger partial charge in [0, 0.05) is 35.8 Å². The summed E-state index contributed by atoms with van der Waals surface area (Å²) in [5.41, 5.74) is 3.87. The Hall–Kier alpha value is -1.57. The highest BCUT2D eigenvalue weighted by Crippen LogP contribution is 2.41. The minimum atomic E-state index is 0.266. The van der Waals surface area contributed by atoms with Gasteiger partial charge in [-0.05, 0) is 24.8 Å². The predicted molar refractivity (Wildman–Crippen MR) is 75.6 cm³/mol. The van der Waals surface area contributed by atoms with Gasteiger partial charge in [0.2, 0.25) is 0 Å². The van der Waals surface area contributed by atoms with Gasteiger partial charge in [0.15, 0.2) is 5.78 Å². The zero-order valence-corrected chi connectivity index (χ0v) is 11.1. The highest BCUT2D eigenvalue weighted by molar-refractivity contribution is 6.00. The fraction of sp³-hybridized carbons (Fsp3) is 0.471. The maximum atomic E-state index is 12.4. The van der Waals surface area contributed by atoms with Gasteiger partial charge in [0.25, 0.3) is 0 Å². The third-order valence-corrected chi connectivity index (χ3v) is 5.00. The van der Waals surface area contributed by atoms with Gasteiger partial charge in [0.1, 0.15) is 0 Å². The van der Waals surface area contributed by atoms with Gasteiger partial charge in [-0.1, -0.05) is 37.1 Å². The number of benzene rings is 1. The Labute approximate surface area is 114 Å². The highest BCUT2D eigenvalue weighted by atomic mass is 16.1. The fourth-order valence-corrected chi connectivity index (χ4v) is 4.07. The Morgan fingerprint density at radius 1 is 1.11 bits per heavy atom. The lowest BCUT2D eigenvalue weighted by molar-refractivity contribution is -0.121. The third-order valence-electron chi connectivity index (χ3n) is 5.00. The van der Waals surface area contributed by atoms with Crippen LogP contribution in [-0.4, -0.2) is 23.3 Å². The molecule has 3 aliphatic rings. The highest BCUT2D eigenvalue weighted by Gasteiger charge is 2.40. The predicted octanol–water partition coefficient (Wildman–Crippen LogP) is 3.03. The van der Waals surface area contributed by atoms with Crippen molar-refractivity contribution < 1.29 is 4.79 Å². The Bertz CT molecular complexity index is 560. The van der Waals surface area contributed by atoms with E-state index in [9.17, 15) is 4.79 Å². The maximum Gasteiger partial charge on any atom is 0.162 e. The summed E-state index contributed by atoms with van der Waals surface area (Å²) in [6, 6.07) is 9.02. The van der Waals surface area contributed by atoms with Crippen LogP contribution in [0.5, 0.6) is 0 Å². The quantitative estimate of drug-likeness (QED) is 0.708. The van der Waals surface area contributed by atoms with E-state index < -0.39 is 0 Å². The monoisotopic (exact) mass is 253 g/mol. The Morgan fingerprint density at radius 2 is 1.95 bits per heavy atom. The van der Waals surface area contributed by atoms with E-state index in [1.807, 2.05) is 6.08 Å². The number of ketones is 1. The number of hydrogen-bond acceptors (Lipinski definition) is 2. The van der Waals surface area contributed by atoms with Crippen molar-refractivity contribution >= 4 is 11.5 Å². The zero-order chi connectivity index (χ0) is 12.8. The second-order valence-corrected chi connectivity index (χ2v) is 5.99. The lowest BCUT2D eigenvalue weighted by atomic mass is 9.76. The minimum Gasteiger partial charge on any atom is -0.367 e. The number of fused-ring (bicyclic) bond motifs is 5. The van der Waals surface area contributed by atoms with Crippen LogP contribution in [0.3, 0.4) is 0 Å². The lowest BCUT2D eigenvalue weighted by Crippen LogP contribution is -2.49. The number of nitrogens with zero attached hydrogens (tertiary/aromatic N) is 1. The van der Waals surface area contributed by atoms with Gasteiger partial charge in [-0.2, -0.15) is 0 Å². The summed E-state index contributed by atoms with van der Waals surface area (Å²) in [5.74, 6) is 0.635. The van der Waals surface area contributed by atoms with Crippen molar-refractivity contribution in [3.63, 3.8) is 0 Å². The molecule has 1 aromatic rings. The summed E-state index contributed by atoms with van der Waals surface area (Å²) in [6.07, 6.45) is 7.82. The molecule has 0 radical (unpaired) electrons. The van der Waals surface area contributed by atoms with E-state index in [-0.39, 0.29) is 5.92 Å². The van der Waals surface area contributed by atoms with Crippen molar-refractivity contribution in [3.05, 3.63) is 41.5 Å². The lowest BCUT2D eigenvalue weighted by Gasteiger charge is -2.47. The van der Waals surface area contributed by atoms with E-state index in [0.29, 0.717) is 11.8 Å². The van der Waals surface area contributed by atoms with Crippen molar-refractivity contribution in [2.75, 3.05) is 6.54 Å². The second kappa shape index (κ2) is 4.22. The summed E-state index contributed by atoms with van der Waals surface area (Å²) in [6.45, 7) is 1.08. The SMILES string of the molecule is O=C1C=C2c3ccccc3CCN2C2CCCCC12. The molecule has 2 heterocycles. The molecule has 0 N–H and O–H groups in total. The normalized spacial score (nSPS) is 29.2. The van der Waals surface area contributed by atoms with E-state index >= 15 is 0 Å². The number of rotatable bonds is 0. The molecule has 2 atom stereocenters. The van der Waals surface area contributed by atoms with Crippen LogP contribution in [0.4, 0.5) is 0 Å². The minimum absolute atomic E-state index is 0.266. The number of carbonyl (C=O) groups excluding carboxylic acids is 1. The van der Waals surface area contributed by atoms with Crippen molar-refractivity contribution in [1.29, 1.82) is 0 Å². The average molecular weight is 253 g/mol. The summed E-state index contributed by atoms with van der Waals surface area (Å²) < 4.78 is 0. The maximum absolute atomic E-state index is 12.4. The fourth-order valence-electron chi connectivity index (χ4n) is 4.07. The van der Waals surface area contributed by atoms with Crippen LogP contribution in [-0.2, 0) is 11.2 Å². The molecule has 98 valence electrons. The molecule has 2 heteroatoms. The molecule has 1 aromatic carbocycles. The first-order valence-corrected chi connectivity index (χ1v) is 7.45. The molecule has 2 unspecified atom stereocenters. The Kier molecular flexibility index (Phi) is 2.51. The van der Waals surface area contributed by atoms with Crippen LogP contribution in [0.1, 0.15) is 36.8 Å². The summed E-state index contributed by atoms with van der Waals surface area (Å²) in [5, 5.41) is 0. The topological polar surface area (TPSA) is 20.3 Å². The second-order valence-electron chi connectivity index (χ2n) is 5.99. The molecule has 2 nitrogen and oxygen atoms in total. The van der Waals surface area contributed by atoms with Gasteiger partial charge in [-0.25, -0.2) is 0 Å². The number of hydrogen-bond donors (Lipinski definition) is 0. The van der Waals surface area contributed by atoms with Crippen molar-refractivity contribution in [1.82, 2.24) is 4.90 Å². The molecule has 0 bridgehead atoms. The Morgan fingerprint density at radius 3 is 2.89 bits per heavy atom. The van der Waals surface area contributed by atoms with E-state index in [1.54, 1.807) is 0 Å². The van der Waals surface area contributed by atoms with Crippen LogP contribution >= 0.6 is 0 Å². The third kappa shape index (κ3) is 1.66. The molecule has 0 amide bonds. The van der Waals surface area contributed by atoms with Crippen molar-refractivity contribution in [2.45, 2.75) is 38.1 Å². The number of carbonyl (C=O) groups is 1. The van der Waals surface area contributed by atoms with E-state index in [4.69, 9.17) is 0 Å². The summed E-state index contributed by atoms with van der Waals surface area (Å²) in [4.78, 5) is 14.9. The molecular weight excluding hydrogens is 234 g/mol. The molecule has 4 rings (SSSR count). The van der Waals surface area contributed by atoms with E-state index in [0.717, 1.165) is 19.4 Å². The zero-order valence-electron chi connectivity index (χ0n) is 11.1. The molecule has 0 aromatic heterocycles. The molecule has 1 saturated carbocycles. The van der Waals surface area contributed by atoms with E-state index in [1.165, 1.54) is 36.1 Å². The Balaban J connectivity index is 1.82. The van der Waals surface area contributed by atoms with Crippen LogP contribution in [0.25, 0.3) is 5.70 Å². The number of allylic oxidation sites excluding steroid dienone is 1. The molecule has 0 spiro atoms. The molecule has 19 heavy (non-hydrogen) atoms. The summed E-state index contributed by atoms with van der Waals surface area (Å²) >= 11 is 0. The van der Waals surface area contributed by atoms with Crippen molar-refractivity contribution in [2.24, 2.45) is 5.92 Å². The van der Waals surface area contributed by atoms with Gasteiger partial charge in [-0.15, -0.1) is 0 Å². The first kappa shape index (κ1) is 11.3. The molecule has 2 aliphatic heterocycles.